The van der Waals surface area contributed by atoms with Crippen molar-refractivity contribution in [1.29, 1.82) is 0 Å². The van der Waals surface area contributed by atoms with Crippen LogP contribution in [-0.4, -0.2) is 23.1 Å². The van der Waals surface area contributed by atoms with E-state index in [2.05, 4.69) is 30.9 Å². The molecule has 1 aliphatic rings. The minimum Gasteiger partial charge on any atom is -0.325 e. The molecule has 2 rings (SSSR count). The molecule has 1 aliphatic heterocycles. The average Bonchev–Trinajstić information content (AvgIpc) is 2.97. The molecular weight excluding hydrogens is 262 g/mol. The molecule has 100 valence electrons. The molecular formula is C14H21NOS2. The maximum Gasteiger partial charge on any atom is 0.223 e. The van der Waals surface area contributed by atoms with Gasteiger partial charge in [0.2, 0.25) is 5.91 Å². The number of amides is 1. The summed E-state index contributed by atoms with van der Waals surface area (Å²) in [6.07, 6.45) is 4.09. The summed E-state index contributed by atoms with van der Waals surface area (Å²) in [7, 11) is 0. The normalized spacial score (nSPS) is 19.4. The number of thioether (sulfide) groups is 1. The van der Waals surface area contributed by atoms with Crippen LogP contribution in [0.1, 0.15) is 47.7 Å². The first-order valence-corrected chi connectivity index (χ1v) is 8.56. The fourth-order valence-corrected chi connectivity index (χ4v) is 4.61. The molecule has 1 aromatic rings. The third-order valence-corrected chi connectivity index (χ3v) is 5.65. The Balaban J connectivity index is 1.97. The Bertz CT molecular complexity index is 402. The number of carbonyl (C=O) groups is 1. The molecule has 0 spiro atoms. The second-order valence-electron chi connectivity index (χ2n) is 4.72. The van der Waals surface area contributed by atoms with Crippen molar-refractivity contribution in [2.24, 2.45) is 0 Å². The van der Waals surface area contributed by atoms with Gasteiger partial charge < -0.3 is 4.90 Å². The van der Waals surface area contributed by atoms with E-state index in [0.717, 1.165) is 31.6 Å². The molecule has 0 N–H and O–H groups in total. The zero-order valence-corrected chi connectivity index (χ0v) is 12.8. The quantitative estimate of drug-likeness (QED) is 0.754. The highest BCUT2D eigenvalue weighted by molar-refractivity contribution is 7.99. The SMILES string of the molecule is CCCCCC(=O)N1CCS[C@H]1c1ccc(C)s1. The minimum atomic E-state index is 0.276. The third kappa shape index (κ3) is 3.29. The second kappa shape index (κ2) is 6.62. The van der Waals surface area contributed by atoms with E-state index < -0.39 is 0 Å². The molecule has 0 aromatic carbocycles. The van der Waals surface area contributed by atoms with Crippen LogP contribution < -0.4 is 0 Å². The van der Waals surface area contributed by atoms with Crippen molar-refractivity contribution < 1.29 is 4.79 Å². The zero-order chi connectivity index (χ0) is 13.0. The average molecular weight is 283 g/mol. The van der Waals surface area contributed by atoms with E-state index in [1.807, 2.05) is 23.1 Å². The lowest BCUT2D eigenvalue weighted by Gasteiger charge is -2.23. The van der Waals surface area contributed by atoms with Crippen molar-refractivity contribution in [3.05, 3.63) is 21.9 Å². The molecule has 1 saturated heterocycles. The van der Waals surface area contributed by atoms with Crippen LogP contribution in [0.3, 0.4) is 0 Å². The van der Waals surface area contributed by atoms with Gasteiger partial charge in [0.05, 0.1) is 0 Å². The van der Waals surface area contributed by atoms with Gasteiger partial charge in [-0.05, 0) is 25.5 Å². The van der Waals surface area contributed by atoms with Crippen LogP contribution in [0.5, 0.6) is 0 Å². The predicted molar refractivity (Wildman–Crippen MR) is 80.1 cm³/mol. The number of thiophene rings is 1. The predicted octanol–water partition coefficient (Wildman–Crippen LogP) is 4.21. The van der Waals surface area contributed by atoms with E-state index in [0.29, 0.717) is 5.91 Å². The van der Waals surface area contributed by atoms with Crippen LogP contribution in [0, 0.1) is 6.92 Å². The van der Waals surface area contributed by atoms with Crippen LogP contribution in [0.2, 0.25) is 0 Å². The highest BCUT2D eigenvalue weighted by Crippen LogP contribution is 2.41. The van der Waals surface area contributed by atoms with Crippen LogP contribution in [0.25, 0.3) is 0 Å². The monoisotopic (exact) mass is 283 g/mol. The highest BCUT2D eigenvalue weighted by atomic mass is 32.2. The first-order chi connectivity index (χ1) is 8.72. The Kier molecular flexibility index (Phi) is 5.13. The van der Waals surface area contributed by atoms with Gasteiger partial charge in [-0.3, -0.25) is 4.79 Å². The van der Waals surface area contributed by atoms with Gasteiger partial charge in [0.25, 0.3) is 0 Å². The molecule has 2 heterocycles. The highest BCUT2D eigenvalue weighted by Gasteiger charge is 2.30. The maximum atomic E-state index is 12.2. The topological polar surface area (TPSA) is 20.3 Å². The van der Waals surface area contributed by atoms with Crippen LogP contribution in [-0.2, 0) is 4.79 Å². The van der Waals surface area contributed by atoms with Crippen LogP contribution >= 0.6 is 23.1 Å². The fourth-order valence-electron chi connectivity index (χ4n) is 2.22. The summed E-state index contributed by atoms with van der Waals surface area (Å²) in [5.74, 6) is 1.41. The number of aryl methyl sites for hydroxylation is 1. The van der Waals surface area contributed by atoms with Crippen molar-refractivity contribution in [3.8, 4) is 0 Å². The number of hydrogen-bond acceptors (Lipinski definition) is 3. The van der Waals surface area contributed by atoms with Gasteiger partial charge in [0.1, 0.15) is 5.37 Å². The Labute approximate surface area is 118 Å². The van der Waals surface area contributed by atoms with Crippen LogP contribution in [0.15, 0.2) is 12.1 Å². The summed E-state index contributed by atoms with van der Waals surface area (Å²) in [5, 5.41) is 0.276. The summed E-state index contributed by atoms with van der Waals surface area (Å²) in [6.45, 7) is 5.21. The van der Waals surface area contributed by atoms with Gasteiger partial charge in [0.15, 0.2) is 0 Å². The molecule has 18 heavy (non-hydrogen) atoms. The number of unbranched alkanes of at least 4 members (excludes halogenated alkanes) is 2. The Morgan fingerprint density at radius 3 is 2.94 bits per heavy atom. The van der Waals surface area contributed by atoms with Crippen molar-refractivity contribution in [2.45, 2.75) is 44.9 Å². The first-order valence-electron chi connectivity index (χ1n) is 6.69. The number of rotatable bonds is 5. The van der Waals surface area contributed by atoms with E-state index in [1.54, 1.807) is 0 Å². The molecule has 1 fully saturated rings. The van der Waals surface area contributed by atoms with Crippen molar-refractivity contribution >= 4 is 29.0 Å². The number of hydrogen-bond donors (Lipinski definition) is 0. The largest absolute Gasteiger partial charge is 0.325 e. The summed E-state index contributed by atoms with van der Waals surface area (Å²) in [5.41, 5.74) is 0. The maximum absolute atomic E-state index is 12.2. The van der Waals surface area contributed by atoms with Gasteiger partial charge in [-0.25, -0.2) is 0 Å². The lowest BCUT2D eigenvalue weighted by Crippen LogP contribution is -2.29. The molecule has 1 aromatic heterocycles. The van der Waals surface area contributed by atoms with E-state index in [1.165, 1.54) is 16.2 Å². The van der Waals surface area contributed by atoms with Gasteiger partial charge in [-0.15, -0.1) is 23.1 Å². The second-order valence-corrected chi connectivity index (χ2v) is 7.22. The lowest BCUT2D eigenvalue weighted by atomic mass is 10.2. The van der Waals surface area contributed by atoms with E-state index in [-0.39, 0.29) is 5.37 Å². The van der Waals surface area contributed by atoms with E-state index in [9.17, 15) is 4.79 Å². The minimum absolute atomic E-state index is 0.276. The standard InChI is InChI=1S/C14H21NOS2/c1-3-4-5-6-13(16)15-9-10-17-14(15)12-8-7-11(2)18-12/h7-8,14H,3-6,9-10H2,1-2H3/t14-/m0/s1. The molecule has 0 saturated carbocycles. The Morgan fingerprint density at radius 2 is 2.28 bits per heavy atom. The van der Waals surface area contributed by atoms with Crippen molar-refractivity contribution in [3.63, 3.8) is 0 Å². The first kappa shape index (κ1) is 13.9. The molecule has 1 amide bonds. The van der Waals surface area contributed by atoms with Gasteiger partial charge in [-0.2, -0.15) is 0 Å². The zero-order valence-electron chi connectivity index (χ0n) is 11.1. The van der Waals surface area contributed by atoms with E-state index in [4.69, 9.17) is 0 Å². The number of nitrogens with zero attached hydrogens (tertiary/aromatic N) is 1. The Morgan fingerprint density at radius 1 is 1.44 bits per heavy atom. The molecule has 0 bridgehead atoms. The summed E-state index contributed by atoms with van der Waals surface area (Å²) >= 11 is 3.72. The fraction of sp³-hybridized carbons (Fsp3) is 0.643. The molecule has 1 atom stereocenters. The summed E-state index contributed by atoms with van der Waals surface area (Å²) in [6, 6.07) is 4.33. The summed E-state index contributed by atoms with van der Waals surface area (Å²) in [4.78, 5) is 17.0. The molecule has 2 nitrogen and oxygen atoms in total. The smallest absolute Gasteiger partial charge is 0.223 e. The van der Waals surface area contributed by atoms with Crippen molar-refractivity contribution in [1.82, 2.24) is 4.90 Å². The third-order valence-electron chi connectivity index (χ3n) is 3.21. The number of carbonyl (C=O) groups excluding carboxylic acids is 1. The van der Waals surface area contributed by atoms with Crippen LogP contribution in [0.4, 0.5) is 0 Å². The van der Waals surface area contributed by atoms with Gasteiger partial charge in [0, 0.05) is 28.5 Å². The van der Waals surface area contributed by atoms with Gasteiger partial charge >= 0.3 is 0 Å². The molecule has 0 aliphatic carbocycles. The van der Waals surface area contributed by atoms with Gasteiger partial charge in [-0.1, -0.05) is 19.8 Å². The van der Waals surface area contributed by atoms with E-state index >= 15 is 0 Å². The molecule has 0 radical (unpaired) electrons. The van der Waals surface area contributed by atoms with Crippen molar-refractivity contribution in [2.75, 3.05) is 12.3 Å². The molecule has 4 heteroatoms. The lowest BCUT2D eigenvalue weighted by molar-refractivity contribution is -0.131. The Hall–Kier alpha value is -0.480. The molecule has 0 unspecified atom stereocenters. The summed E-state index contributed by atoms with van der Waals surface area (Å²) < 4.78 is 0.